The first-order valence-electron chi connectivity index (χ1n) is 6.07. The first-order chi connectivity index (χ1) is 9.43. The van der Waals surface area contributed by atoms with Crippen molar-refractivity contribution >= 4 is 5.97 Å². The van der Waals surface area contributed by atoms with E-state index in [0.717, 1.165) is 0 Å². The number of rotatable bonds is 5. The number of hydrogen-bond acceptors (Lipinski definition) is 7. The Morgan fingerprint density at radius 1 is 1.50 bits per heavy atom. The summed E-state index contributed by atoms with van der Waals surface area (Å²) < 4.78 is 6.72. The van der Waals surface area contributed by atoms with Crippen molar-refractivity contribution in [2.75, 3.05) is 6.61 Å². The summed E-state index contributed by atoms with van der Waals surface area (Å²) in [5.41, 5.74) is 5.83. The van der Waals surface area contributed by atoms with Crippen molar-refractivity contribution in [1.82, 2.24) is 9.55 Å². The third-order valence-electron chi connectivity index (χ3n) is 3.21. The van der Waals surface area contributed by atoms with Crippen molar-refractivity contribution in [2.45, 2.75) is 37.0 Å². The summed E-state index contributed by atoms with van der Waals surface area (Å²) >= 11 is 0. The first-order valence-corrected chi connectivity index (χ1v) is 6.07. The van der Waals surface area contributed by atoms with E-state index in [0.29, 0.717) is 5.69 Å². The van der Waals surface area contributed by atoms with Gasteiger partial charge in [0.1, 0.15) is 24.4 Å². The molecule has 0 bridgehead atoms. The van der Waals surface area contributed by atoms with Gasteiger partial charge in [-0.1, -0.05) is 0 Å². The van der Waals surface area contributed by atoms with E-state index in [1.54, 1.807) is 0 Å². The fourth-order valence-corrected chi connectivity index (χ4v) is 2.06. The van der Waals surface area contributed by atoms with Crippen LogP contribution >= 0.6 is 0 Å². The molecule has 9 heteroatoms. The molecule has 0 spiro atoms. The van der Waals surface area contributed by atoms with Gasteiger partial charge in [-0.25, -0.2) is 4.98 Å². The van der Waals surface area contributed by atoms with Gasteiger partial charge >= 0.3 is 5.97 Å². The Bertz CT molecular complexity index is 478. The number of imidazole rings is 1. The molecule has 9 nitrogen and oxygen atoms in total. The lowest BCUT2D eigenvalue weighted by molar-refractivity contribution is -0.138. The Labute approximate surface area is 114 Å². The molecule has 0 saturated carbocycles. The van der Waals surface area contributed by atoms with Crippen LogP contribution in [0.3, 0.4) is 0 Å². The Morgan fingerprint density at radius 3 is 2.75 bits per heavy atom. The fourth-order valence-electron chi connectivity index (χ4n) is 2.06. The number of ether oxygens (including phenoxy) is 1. The number of aliphatic hydroxyl groups excluding tert-OH is 3. The largest absolute Gasteiger partial charge is 0.480 e. The van der Waals surface area contributed by atoms with Crippen LogP contribution in [0, 0.1) is 0 Å². The second-order valence-corrected chi connectivity index (χ2v) is 4.69. The summed E-state index contributed by atoms with van der Waals surface area (Å²) in [7, 11) is 0. The number of carboxylic acid groups (broad SMARTS) is 1. The predicted molar refractivity (Wildman–Crippen MR) is 64.6 cm³/mol. The summed E-state index contributed by atoms with van der Waals surface area (Å²) in [5, 5.41) is 37.2. The minimum atomic E-state index is -1.21. The number of nitrogens with two attached hydrogens (primary N) is 1. The fraction of sp³-hybridized carbons (Fsp3) is 0.636. The predicted octanol–water partition coefficient (Wildman–Crippen LogP) is -2.55. The summed E-state index contributed by atoms with van der Waals surface area (Å²) in [4.78, 5) is 14.6. The minimum absolute atomic E-state index is 0.0388. The molecular formula is C11H17N3O6. The van der Waals surface area contributed by atoms with Crippen molar-refractivity contribution in [3.63, 3.8) is 0 Å². The minimum Gasteiger partial charge on any atom is -0.480 e. The number of aliphatic hydroxyl groups is 3. The van der Waals surface area contributed by atoms with E-state index in [2.05, 4.69) is 4.98 Å². The quantitative estimate of drug-likeness (QED) is 0.397. The molecule has 1 saturated heterocycles. The molecule has 0 amide bonds. The molecule has 20 heavy (non-hydrogen) atoms. The molecule has 1 aliphatic heterocycles. The van der Waals surface area contributed by atoms with Gasteiger partial charge in [-0.3, -0.25) is 4.79 Å². The zero-order valence-electron chi connectivity index (χ0n) is 10.5. The molecule has 0 aromatic carbocycles. The molecule has 112 valence electrons. The van der Waals surface area contributed by atoms with Crippen LogP contribution in [0.2, 0.25) is 0 Å². The summed E-state index contributed by atoms with van der Waals surface area (Å²) in [5.74, 6) is -1.13. The number of aromatic nitrogens is 2. The summed E-state index contributed by atoms with van der Waals surface area (Å²) in [6.45, 7) is -0.416. The second-order valence-electron chi connectivity index (χ2n) is 4.69. The first kappa shape index (κ1) is 14.9. The maximum absolute atomic E-state index is 10.7. The van der Waals surface area contributed by atoms with Crippen LogP contribution in [-0.2, 0) is 16.0 Å². The van der Waals surface area contributed by atoms with E-state index < -0.39 is 43.2 Å². The third-order valence-corrected chi connectivity index (χ3v) is 3.21. The SMILES string of the molecule is N[C@@H](Cc1cn([C@@H]2O[C@H](CO)[C@H](O)[C@H]2O)cn1)C(=O)O. The van der Waals surface area contributed by atoms with Crippen LogP contribution in [0.15, 0.2) is 12.5 Å². The van der Waals surface area contributed by atoms with Crippen molar-refractivity contribution in [1.29, 1.82) is 0 Å². The van der Waals surface area contributed by atoms with Gasteiger partial charge in [0.05, 0.1) is 18.6 Å². The highest BCUT2D eigenvalue weighted by atomic mass is 16.6. The van der Waals surface area contributed by atoms with Gasteiger partial charge < -0.3 is 35.5 Å². The maximum atomic E-state index is 10.7. The number of aliphatic carboxylic acids is 1. The zero-order chi connectivity index (χ0) is 14.9. The highest BCUT2D eigenvalue weighted by molar-refractivity contribution is 5.73. The Hall–Kier alpha value is -1.52. The molecule has 1 aromatic heterocycles. The molecule has 6 N–H and O–H groups in total. The van der Waals surface area contributed by atoms with Crippen molar-refractivity contribution in [2.24, 2.45) is 5.73 Å². The highest BCUT2D eigenvalue weighted by Crippen LogP contribution is 2.29. The molecule has 2 rings (SSSR count). The van der Waals surface area contributed by atoms with Gasteiger partial charge in [-0.2, -0.15) is 0 Å². The van der Waals surface area contributed by atoms with Crippen LogP contribution in [0.25, 0.3) is 0 Å². The molecule has 1 aromatic rings. The molecule has 1 aliphatic rings. The summed E-state index contributed by atoms with van der Waals surface area (Å²) in [6, 6.07) is -1.07. The third kappa shape index (κ3) is 2.81. The van der Waals surface area contributed by atoms with E-state index in [-0.39, 0.29) is 6.42 Å². The van der Waals surface area contributed by atoms with Gasteiger partial charge in [0.15, 0.2) is 6.23 Å². The molecule has 0 unspecified atom stereocenters. The van der Waals surface area contributed by atoms with E-state index in [9.17, 15) is 15.0 Å². The topological polar surface area (TPSA) is 151 Å². The number of carbonyl (C=O) groups is 1. The Morgan fingerprint density at radius 2 is 2.20 bits per heavy atom. The van der Waals surface area contributed by atoms with Crippen LogP contribution in [0.1, 0.15) is 11.9 Å². The number of hydrogen-bond donors (Lipinski definition) is 5. The Kier molecular flexibility index (Phi) is 4.35. The molecule has 5 atom stereocenters. The Balaban J connectivity index is 2.07. The summed E-state index contributed by atoms with van der Waals surface area (Å²) in [6.07, 6.45) is -1.28. The monoisotopic (exact) mass is 287 g/mol. The van der Waals surface area contributed by atoms with Crippen molar-refractivity contribution < 1.29 is 30.0 Å². The van der Waals surface area contributed by atoms with E-state index in [1.165, 1.54) is 17.1 Å². The lowest BCUT2D eigenvalue weighted by atomic mass is 10.1. The van der Waals surface area contributed by atoms with Crippen LogP contribution in [0.4, 0.5) is 0 Å². The van der Waals surface area contributed by atoms with Crippen LogP contribution in [0.5, 0.6) is 0 Å². The van der Waals surface area contributed by atoms with E-state index in [4.69, 9.17) is 20.7 Å². The number of carboxylic acids is 1. The smallest absolute Gasteiger partial charge is 0.320 e. The molecule has 0 aliphatic carbocycles. The van der Waals surface area contributed by atoms with E-state index in [1.807, 2.05) is 0 Å². The zero-order valence-corrected chi connectivity index (χ0v) is 10.5. The van der Waals surface area contributed by atoms with Gasteiger partial charge in [-0.15, -0.1) is 0 Å². The molecule has 0 radical (unpaired) electrons. The maximum Gasteiger partial charge on any atom is 0.320 e. The van der Waals surface area contributed by atoms with Gasteiger partial charge in [0.2, 0.25) is 0 Å². The van der Waals surface area contributed by atoms with Gasteiger partial charge in [0.25, 0.3) is 0 Å². The number of nitrogens with zero attached hydrogens (tertiary/aromatic N) is 2. The van der Waals surface area contributed by atoms with Crippen molar-refractivity contribution in [3.8, 4) is 0 Å². The molecule has 1 fully saturated rings. The van der Waals surface area contributed by atoms with E-state index >= 15 is 0 Å². The standard InChI is InChI=1S/C11H17N3O6/c12-6(11(18)19)1-5-2-14(4-13-5)10-9(17)8(16)7(3-15)20-10/h2,4,6-10,15-17H,1,3,12H2,(H,18,19)/t6-,7+,8-,9+,10+/m0/s1. The van der Waals surface area contributed by atoms with Crippen molar-refractivity contribution in [3.05, 3.63) is 18.2 Å². The van der Waals surface area contributed by atoms with Crippen LogP contribution < -0.4 is 5.73 Å². The van der Waals surface area contributed by atoms with Gasteiger partial charge in [0, 0.05) is 12.6 Å². The average molecular weight is 287 g/mol. The lowest BCUT2D eigenvalue weighted by Crippen LogP contribution is -2.33. The molecular weight excluding hydrogens is 270 g/mol. The average Bonchev–Trinajstić information content (AvgIpc) is 2.96. The van der Waals surface area contributed by atoms with Gasteiger partial charge in [-0.05, 0) is 0 Å². The lowest BCUT2D eigenvalue weighted by Gasteiger charge is -2.15. The molecule has 2 heterocycles. The second kappa shape index (κ2) is 5.85. The normalized spacial score (nSPS) is 31.4. The highest BCUT2D eigenvalue weighted by Gasteiger charge is 2.43. The van der Waals surface area contributed by atoms with Crippen LogP contribution in [-0.4, -0.2) is 66.9 Å².